The maximum atomic E-state index is 13.6. The van der Waals surface area contributed by atoms with E-state index < -0.39 is 5.41 Å². The molecule has 4 aliphatic rings. The average molecular weight is 399 g/mol. The minimum absolute atomic E-state index is 0.0193. The van der Waals surface area contributed by atoms with Gasteiger partial charge >= 0.3 is 5.97 Å². The van der Waals surface area contributed by atoms with Crippen LogP contribution in [0, 0.1) is 11.8 Å². The molecule has 29 heavy (non-hydrogen) atoms. The third-order valence-electron chi connectivity index (χ3n) is 7.80. The molecule has 156 valence electrons. The number of nitrogens with one attached hydrogen (secondary N) is 1. The highest BCUT2D eigenvalue weighted by atomic mass is 16.5. The summed E-state index contributed by atoms with van der Waals surface area (Å²) in [6, 6.07) is 8.34. The minimum Gasteiger partial charge on any atom is -0.468 e. The molecule has 3 fully saturated rings. The van der Waals surface area contributed by atoms with Gasteiger partial charge in [0.25, 0.3) is 0 Å². The maximum absolute atomic E-state index is 13.6. The lowest BCUT2D eigenvalue weighted by Gasteiger charge is -2.61. The molecule has 4 bridgehead atoms. The van der Waals surface area contributed by atoms with Crippen molar-refractivity contribution in [2.24, 2.45) is 11.8 Å². The topological polar surface area (TPSA) is 63.8 Å². The lowest BCUT2D eigenvalue weighted by molar-refractivity contribution is -0.215. The quantitative estimate of drug-likeness (QED) is 0.803. The van der Waals surface area contributed by atoms with Gasteiger partial charge < -0.3 is 19.2 Å². The Bertz CT molecular complexity index is 940. The fourth-order valence-corrected chi connectivity index (χ4v) is 6.67. The molecular weight excluding hydrogens is 368 g/mol. The Balaban J connectivity index is 1.78. The van der Waals surface area contributed by atoms with Gasteiger partial charge in [-0.15, -0.1) is 0 Å². The number of carbonyl (C=O) groups is 1. The molecule has 0 spiro atoms. The van der Waals surface area contributed by atoms with Crippen molar-refractivity contribution < 1.29 is 19.0 Å². The smallest absolute Gasteiger partial charge is 0.319 e. The summed E-state index contributed by atoms with van der Waals surface area (Å²) in [5.74, 6) is 0.348. The third kappa shape index (κ3) is 2.43. The molecular formula is C23H30N2O4. The number of carbonyl (C=O) groups excluding carboxylic acids is 1. The number of benzene rings is 1. The number of rotatable bonds is 4. The highest BCUT2D eigenvalue weighted by Gasteiger charge is 2.66. The summed E-state index contributed by atoms with van der Waals surface area (Å²) in [5, 5.41) is 1.21. The predicted octanol–water partition coefficient (Wildman–Crippen LogP) is 2.85. The van der Waals surface area contributed by atoms with Gasteiger partial charge in [-0.1, -0.05) is 18.2 Å². The molecule has 1 N–H and O–H groups in total. The van der Waals surface area contributed by atoms with Gasteiger partial charge in [-0.2, -0.15) is 0 Å². The zero-order valence-electron chi connectivity index (χ0n) is 17.6. The summed E-state index contributed by atoms with van der Waals surface area (Å²) < 4.78 is 17.3. The number of nitrogens with zero attached hydrogens (tertiary/aromatic N) is 1. The van der Waals surface area contributed by atoms with E-state index in [-0.39, 0.29) is 36.2 Å². The zero-order valence-corrected chi connectivity index (χ0v) is 17.6. The Hall–Kier alpha value is -1.89. The SMILES string of the molecule is COC(=O)C12CC3CC(C(C)OC)C1N(CCc1c2[nH]c2ccccc12)C3OC. The van der Waals surface area contributed by atoms with Crippen LogP contribution in [0.4, 0.5) is 0 Å². The highest BCUT2D eigenvalue weighted by molar-refractivity contribution is 5.91. The number of ether oxygens (including phenoxy) is 3. The Kier molecular flexibility index (Phi) is 4.49. The van der Waals surface area contributed by atoms with Crippen LogP contribution in [0.25, 0.3) is 10.9 Å². The number of hydrogen-bond acceptors (Lipinski definition) is 5. The van der Waals surface area contributed by atoms with Crippen molar-refractivity contribution in [2.75, 3.05) is 27.9 Å². The summed E-state index contributed by atoms with van der Waals surface area (Å²) in [6.45, 7) is 2.98. The van der Waals surface area contributed by atoms with E-state index in [9.17, 15) is 4.79 Å². The van der Waals surface area contributed by atoms with Crippen LogP contribution in [-0.2, 0) is 30.8 Å². The minimum atomic E-state index is -0.727. The molecule has 6 heteroatoms. The van der Waals surface area contributed by atoms with Crippen LogP contribution in [0.1, 0.15) is 31.0 Å². The second-order valence-electron chi connectivity index (χ2n) is 8.85. The molecule has 1 saturated carbocycles. The van der Waals surface area contributed by atoms with Crippen LogP contribution in [-0.4, -0.2) is 62.1 Å². The molecule has 1 aliphatic carbocycles. The van der Waals surface area contributed by atoms with Gasteiger partial charge in [0, 0.05) is 55.2 Å². The van der Waals surface area contributed by atoms with Crippen LogP contribution in [0.15, 0.2) is 24.3 Å². The van der Waals surface area contributed by atoms with Crippen LogP contribution < -0.4 is 0 Å². The molecule has 0 amide bonds. The molecule has 2 saturated heterocycles. The van der Waals surface area contributed by atoms with Crippen molar-refractivity contribution in [2.45, 2.75) is 50.0 Å². The second-order valence-corrected chi connectivity index (χ2v) is 8.85. The van der Waals surface area contributed by atoms with Crippen LogP contribution >= 0.6 is 0 Å². The van der Waals surface area contributed by atoms with Gasteiger partial charge in [-0.25, -0.2) is 0 Å². The number of para-hydroxylation sites is 1. The average Bonchev–Trinajstić information content (AvgIpc) is 3.09. The molecule has 3 aliphatic heterocycles. The van der Waals surface area contributed by atoms with Gasteiger partial charge in [0.15, 0.2) is 0 Å². The van der Waals surface area contributed by atoms with Crippen molar-refractivity contribution in [3.05, 3.63) is 35.5 Å². The fraction of sp³-hybridized carbons (Fsp3) is 0.609. The van der Waals surface area contributed by atoms with E-state index in [4.69, 9.17) is 14.2 Å². The molecule has 0 radical (unpaired) electrons. The standard InChI is InChI=1S/C23H30N2O4/c1-13(27-2)17-11-14-12-23(22(26)29-4)19-16(15-7-5-6-8-18(15)24-19)9-10-25(20(17)23)21(14)28-3/h5-8,13-14,17,20-21,24H,9-12H2,1-4H3. The molecule has 2 aromatic rings. The van der Waals surface area contributed by atoms with Gasteiger partial charge in [-0.3, -0.25) is 9.69 Å². The lowest BCUT2D eigenvalue weighted by atomic mass is 9.55. The number of piperidine rings is 2. The summed E-state index contributed by atoms with van der Waals surface area (Å²) >= 11 is 0. The number of methoxy groups -OCH3 is 3. The highest BCUT2D eigenvalue weighted by Crippen LogP contribution is 2.57. The first-order chi connectivity index (χ1) is 14.1. The normalized spacial score (nSPS) is 36.5. The van der Waals surface area contributed by atoms with E-state index in [1.807, 2.05) is 6.07 Å². The number of aromatic nitrogens is 1. The van der Waals surface area contributed by atoms with E-state index >= 15 is 0 Å². The molecule has 7 unspecified atom stereocenters. The largest absolute Gasteiger partial charge is 0.468 e. The molecule has 7 atom stereocenters. The van der Waals surface area contributed by atoms with Gasteiger partial charge in [0.1, 0.15) is 11.6 Å². The van der Waals surface area contributed by atoms with E-state index in [0.29, 0.717) is 0 Å². The first kappa shape index (κ1) is 19.1. The molecule has 6 nitrogen and oxygen atoms in total. The second kappa shape index (κ2) is 6.83. The number of H-pyrrole nitrogens is 1. The van der Waals surface area contributed by atoms with E-state index in [1.54, 1.807) is 14.2 Å². The molecule has 1 aromatic heterocycles. The molecule has 6 rings (SSSR count). The Morgan fingerprint density at radius 1 is 1.28 bits per heavy atom. The van der Waals surface area contributed by atoms with Crippen LogP contribution in [0.5, 0.6) is 0 Å². The van der Waals surface area contributed by atoms with E-state index in [2.05, 4.69) is 35.0 Å². The number of hydrogen-bond donors (Lipinski definition) is 1. The number of aromatic amines is 1. The van der Waals surface area contributed by atoms with Crippen LogP contribution in [0.2, 0.25) is 0 Å². The monoisotopic (exact) mass is 398 g/mol. The lowest BCUT2D eigenvalue weighted by Crippen LogP contribution is -2.72. The zero-order chi connectivity index (χ0) is 20.3. The molecule has 1 aromatic carbocycles. The predicted molar refractivity (Wildman–Crippen MR) is 110 cm³/mol. The summed E-state index contributed by atoms with van der Waals surface area (Å²) in [5.41, 5.74) is 2.66. The number of esters is 1. The Labute approximate surface area is 171 Å². The maximum Gasteiger partial charge on any atom is 0.319 e. The number of fused-ring (bicyclic) bond motifs is 4. The summed E-state index contributed by atoms with van der Waals surface area (Å²) in [4.78, 5) is 19.7. The van der Waals surface area contributed by atoms with E-state index in [0.717, 1.165) is 37.0 Å². The molecule has 4 heterocycles. The summed E-state index contributed by atoms with van der Waals surface area (Å²) in [6.07, 6.45) is 2.72. The van der Waals surface area contributed by atoms with Crippen LogP contribution in [0.3, 0.4) is 0 Å². The van der Waals surface area contributed by atoms with Gasteiger partial charge in [0.05, 0.1) is 13.2 Å². The third-order valence-corrected chi connectivity index (χ3v) is 7.80. The Morgan fingerprint density at radius 2 is 2.07 bits per heavy atom. The van der Waals surface area contributed by atoms with Crippen molar-refractivity contribution in [3.63, 3.8) is 0 Å². The van der Waals surface area contributed by atoms with Crippen molar-refractivity contribution in [3.8, 4) is 0 Å². The summed E-state index contributed by atoms with van der Waals surface area (Å²) in [7, 11) is 5.07. The first-order valence-corrected chi connectivity index (χ1v) is 10.6. The van der Waals surface area contributed by atoms with Gasteiger partial charge in [0.2, 0.25) is 0 Å². The Morgan fingerprint density at radius 3 is 2.79 bits per heavy atom. The van der Waals surface area contributed by atoms with Crippen molar-refractivity contribution in [1.29, 1.82) is 0 Å². The van der Waals surface area contributed by atoms with E-state index in [1.165, 1.54) is 18.1 Å². The van der Waals surface area contributed by atoms with Gasteiger partial charge in [-0.05, 0) is 37.8 Å². The van der Waals surface area contributed by atoms with Crippen molar-refractivity contribution in [1.82, 2.24) is 9.88 Å². The first-order valence-electron chi connectivity index (χ1n) is 10.6. The van der Waals surface area contributed by atoms with Crippen molar-refractivity contribution >= 4 is 16.9 Å². The fourth-order valence-electron chi connectivity index (χ4n) is 6.67.